The zero-order chi connectivity index (χ0) is 30.0. The lowest BCUT2D eigenvalue weighted by Crippen LogP contribution is -2.68. The highest BCUT2D eigenvalue weighted by Gasteiger charge is 2.67. The minimum Gasteiger partial charge on any atom is -0.504 e. The number of hydrogen-bond acceptors (Lipinski definition) is 6. The van der Waals surface area contributed by atoms with E-state index in [1.165, 1.54) is 25.1 Å². The Morgan fingerprint density at radius 1 is 1.29 bits per heavy atom. The number of carbonyl (C=O) groups is 2. The van der Waals surface area contributed by atoms with Crippen molar-refractivity contribution in [3.63, 3.8) is 0 Å². The van der Waals surface area contributed by atoms with Crippen LogP contribution < -0.4 is 9.47 Å². The molecule has 1 N–H and O–H groups in total. The van der Waals surface area contributed by atoms with Crippen LogP contribution in [0.4, 0.5) is 13.2 Å². The number of likely N-dealkylation sites (tertiary alicyclic amines) is 1. The van der Waals surface area contributed by atoms with E-state index in [9.17, 15) is 27.9 Å². The molecule has 10 heteroatoms. The molecule has 1 saturated carbocycles. The first kappa shape index (κ1) is 28.2. The topological polar surface area (TPSA) is 79.3 Å². The maximum atomic E-state index is 13.3. The molecule has 5 atom stereocenters. The fourth-order valence-corrected chi connectivity index (χ4v) is 7.79. The van der Waals surface area contributed by atoms with Crippen molar-refractivity contribution in [1.29, 1.82) is 0 Å². The first-order chi connectivity index (χ1) is 20.0. The number of likely N-dealkylation sites (N-methyl/N-ethyl adjacent to an activating group) is 1. The second kappa shape index (κ2) is 10.1. The van der Waals surface area contributed by atoms with Crippen molar-refractivity contribution < 1.29 is 37.3 Å². The maximum Gasteiger partial charge on any atom is 0.416 e. The number of phenolic OH excluding ortho intramolecular Hbond substituents is 1. The Hall–Kier alpha value is -3.97. The Labute approximate surface area is 241 Å². The zero-order valence-corrected chi connectivity index (χ0v) is 23.3. The van der Waals surface area contributed by atoms with Gasteiger partial charge in [0.15, 0.2) is 11.5 Å². The molecule has 220 valence electrons. The Kier molecular flexibility index (Phi) is 6.76. The fourth-order valence-electron chi connectivity index (χ4n) is 7.79. The van der Waals surface area contributed by atoms with Gasteiger partial charge in [0.1, 0.15) is 11.9 Å². The van der Waals surface area contributed by atoms with Gasteiger partial charge in [-0.05, 0) is 62.4 Å². The number of hydrogen-bond donors (Lipinski definition) is 1. The normalized spacial score (nSPS) is 27.2. The summed E-state index contributed by atoms with van der Waals surface area (Å²) in [5.41, 5.74) is 0.748. The predicted molar refractivity (Wildman–Crippen MR) is 147 cm³/mol. The molecule has 7 nitrogen and oxygen atoms in total. The Morgan fingerprint density at radius 3 is 2.69 bits per heavy atom. The Balaban J connectivity index is 1.35. The summed E-state index contributed by atoms with van der Waals surface area (Å²) in [6.07, 6.45) is -0.194. The van der Waals surface area contributed by atoms with Crippen molar-refractivity contribution in [1.82, 2.24) is 9.80 Å². The third kappa shape index (κ3) is 4.33. The predicted octanol–water partition coefficient (Wildman–Crippen LogP) is 4.44. The van der Waals surface area contributed by atoms with E-state index in [1.807, 2.05) is 6.08 Å². The van der Waals surface area contributed by atoms with Gasteiger partial charge in [-0.3, -0.25) is 14.5 Å². The van der Waals surface area contributed by atoms with Gasteiger partial charge in [-0.2, -0.15) is 13.2 Å². The van der Waals surface area contributed by atoms with E-state index < -0.39 is 35.1 Å². The van der Waals surface area contributed by atoms with Crippen LogP contribution in [0.2, 0.25) is 0 Å². The van der Waals surface area contributed by atoms with Crippen molar-refractivity contribution in [3.8, 4) is 29.1 Å². The van der Waals surface area contributed by atoms with Crippen molar-refractivity contribution >= 4 is 11.9 Å². The van der Waals surface area contributed by atoms with Crippen LogP contribution in [0, 0.1) is 17.8 Å². The number of carbonyl (C=O) groups excluding carboxylic acids is 2. The molecule has 0 aromatic heterocycles. The summed E-state index contributed by atoms with van der Waals surface area (Å²) in [6, 6.07) is 5.58. The van der Waals surface area contributed by atoms with Crippen LogP contribution in [0.1, 0.15) is 48.4 Å². The van der Waals surface area contributed by atoms with Gasteiger partial charge in [0.25, 0.3) is 5.91 Å². The largest absolute Gasteiger partial charge is 0.504 e. The third-order valence-corrected chi connectivity index (χ3v) is 9.45. The molecule has 1 spiro atoms. The van der Waals surface area contributed by atoms with Crippen molar-refractivity contribution in [2.45, 2.75) is 62.4 Å². The molecule has 1 amide bonds. The summed E-state index contributed by atoms with van der Waals surface area (Å²) < 4.78 is 50.9. The number of alkyl halides is 3. The van der Waals surface area contributed by atoms with Crippen LogP contribution >= 0.6 is 0 Å². The van der Waals surface area contributed by atoms with Gasteiger partial charge in [-0.1, -0.05) is 12.0 Å². The summed E-state index contributed by atoms with van der Waals surface area (Å²) in [4.78, 5) is 29.2. The van der Waals surface area contributed by atoms with Gasteiger partial charge in [0.05, 0.1) is 11.6 Å². The number of ether oxygens (including phenoxy) is 2. The molecule has 2 bridgehead atoms. The van der Waals surface area contributed by atoms with E-state index in [-0.39, 0.29) is 23.8 Å². The smallest absolute Gasteiger partial charge is 0.416 e. The molecule has 42 heavy (non-hydrogen) atoms. The SMILES string of the molecule is C=CCN1CC[C@]23c4c5c(OC(C)=O)cc(O)c4O[C@H]2[C@H](N(C)C(=O)C#Cc2ccc(C(F)(F)F)cc2)CC[C@H]3[C@H]1C5. The minimum absolute atomic E-state index is 0.102. The number of halogens is 3. The first-order valence-electron chi connectivity index (χ1n) is 14.0. The van der Waals surface area contributed by atoms with Crippen molar-refractivity contribution in [3.05, 3.63) is 65.2 Å². The van der Waals surface area contributed by atoms with Gasteiger partial charge < -0.3 is 19.5 Å². The van der Waals surface area contributed by atoms with E-state index in [0.29, 0.717) is 36.4 Å². The average molecular weight is 581 g/mol. The molecule has 2 fully saturated rings. The lowest BCUT2D eigenvalue weighted by Gasteiger charge is -2.60. The number of piperidine rings is 1. The van der Waals surface area contributed by atoms with E-state index in [2.05, 4.69) is 23.3 Å². The highest BCUT2D eigenvalue weighted by atomic mass is 19.4. The average Bonchev–Trinajstić information content (AvgIpc) is 3.28. The molecule has 6 rings (SSSR count). The van der Waals surface area contributed by atoms with E-state index in [0.717, 1.165) is 42.6 Å². The number of rotatable bonds is 4. The standard InChI is InChI=1S/C32H31F3N2O5/c1-4-14-37-15-13-31-22-10-11-23(36(3)27(40)12-7-19-5-8-20(9-6-19)32(33,34)35)30(31)42-29-25(39)17-26(41-18(2)38)21(28(29)31)16-24(22)37/h4-6,8-9,17,22-24,30,39H,1,10-11,13-16H2,2-3H3/t22-,23+,24+,30-,31-/m0/s1. The van der Waals surface area contributed by atoms with E-state index >= 15 is 0 Å². The number of benzene rings is 2. The van der Waals surface area contributed by atoms with Crippen LogP contribution in [-0.2, 0) is 27.6 Å². The molecule has 2 aromatic carbocycles. The Morgan fingerprint density at radius 2 is 2.02 bits per heavy atom. The number of esters is 1. The highest BCUT2D eigenvalue weighted by Crippen LogP contribution is 2.65. The van der Waals surface area contributed by atoms with Crippen LogP contribution in [0.5, 0.6) is 17.2 Å². The van der Waals surface area contributed by atoms with Gasteiger partial charge in [-0.25, -0.2) is 0 Å². The summed E-state index contributed by atoms with van der Waals surface area (Å²) in [6.45, 7) is 6.76. The minimum atomic E-state index is -4.45. The van der Waals surface area contributed by atoms with Crippen LogP contribution in [0.3, 0.4) is 0 Å². The molecule has 2 aliphatic heterocycles. The quantitative estimate of drug-likeness (QED) is 0.250. The number of phenols is 1. The van der Waals surface area contributed by atoms with E-state index in [4.69, 9.17) is 9.47 Å². The number of amides is 1. The molecule has 4 aliphatic rings. The zero-order valence-electron chi connectivity index (χ0n) is 23.3. The highest BCUT2D eigenvalue weighted by molar-refractivity contribution is 5.94. The van der Waals surface area contributed by atoms with Crippen LogP contribution in [0.25, 0.3) is 0 Å². The number of nitrogens with zero attached hydrogens (tertiary/aromatic N) is 2. The Bertz CT molecular complexity index is 1530. The lowest BCUT2D eigenvalue weighted by atomic mass is 9.51. The fraction of sp³-hybridized carbons (Fsp3) is 0.438. The van der Waals surface area contributed by atoms with Crippen molar-refractivity contribution in [2.75, 3.05) is 20.1 Å². The second-order valence-corrected chi connectivity index (χ2v) is 11.5. The summed E-state index contributed by atoms with van der Waals surface area (Å²) in [7, 11) is 1.66. The summed E-state index contributed by atoms with van der Waals surface area (Å²) in [5.74, 6) is 5.13. The molecule has 0 radical (unpaired) electrons. The molecule has 2 aromatic rings. The monoisotopic (exact) mass is 580 g/mol. The lowest BCUT2D eigenvalue weighted by molar-refractivity contribution is -0.137. The van der Waals surface area contributed by atoms with E-state index in [1.54, 1.807) is 11.9 Å². The molecule has 1 saturated heterocycles. The number of aromatic hydroxyl groups is 1. The molecule has 2 heterocycles. The first-order valence-corrected chi connectivity index (χ1v) is 14.0. The molecule has 0 unspecified atom stereocenters. The molecular formula is C32H31F3N2O5. The van der Waals surface area contributed by atoms with Crippen LogP contribution in [0.15, 0.2) is 43.0 Å². The second-order valence-electron chi connectivity index (χ2n) is 11.5. The van der Waals surface area contributed by atoms with Crippen LogP contribution in [-0.4, -0.2) is 65.1 Å². The van der Waals surface area contributed by atoms with Gasteiger partial charge in [-0.15, -0.1) is 6.58 Å². The summed E-state index contributed by atoms with van der Waals surface area (Å²) in [5, 5.41) is 11.0. The molecular weight excluding hydrogens is 549 g/mol. The third-order valence-electron chi connectivity index (χ3n) is 9.45. The maximum absolute atomic E-state index is 13.3. The van der Waals surface area contributed by atoms with Gasteiger partial charge in [0, 0.05) is 60.7 Å². The van der Waals surface area contributed by atoms with Crippen molar-refractivity contribution in [2.24, 2.45) is 5.92 Å². The summed E-state index contributed by atoms with van der Waals surface area (Å²) >= 11 is 0. The van der Waals surface area contributed by atoms with Gasteiger partial charge >= 0.3 is 12.1 Å². The molecule has 2 aliphatic carbocycles. The van der Waals surface area contributed by atoms with Gasteiger partial charge in [0.2, 0.25) is 0 Å².